The molecule has 0 aromatic heterocycles. The lowest BCUT2D eigenvalue weighted by molar-refractivity contribution is 0.518. The average Bonchev–Trinajstić information content (AvgIpc) is 2.01. The van der Waals surface area contributed by atoms with Crippen LogP contribution in [-0.4, -0.2) is 33.0 Å². The molecule has 3 nitrogen and oxygen atoms in total. The summed E-state index contributed by atoms with van der Waals surface area (Å²) in [5.74, 6) is 0.742. The fourth-order valence-corrected chi connectivity index (χ4v) is 2.25. The topological polar surface area (TPSA) is 46.2 Å². The Morgan fingerprint density at radius 2 is 1.77 bits per heavy atom. The third-order valence-corrected chi connectivity index (χ3v) is 4.41. The number of sulfone groups is 1. The quantitative estimate of drug-likeness (QED) is 0.708. The van der Waals surface area contributed by atoms with Gasteiger partial charge in [0.25, 0.3) is 0 Å². The molecule has 0 rings (SSSR count). The molecule has 0 saturated heterocycles. The van der Waals surface area contributed by atoms with Crippen LogP contribution < -0.4 is 5.32 Å². The van der Waals surface area contributed by atoms with Gasteiger partial charge in [-0.25, -0.2) is 8.42 Å². The molecule has 0 aromatic carbocycles. The summed E-state index contributed by atoms with van der Waals surface area (Å²) < 4.78 is 22.8. The van der Waals surface area contributed by atoms with Gasteiger partial charge in [0.1, 0.15) is 0 Å². The van der Waals surface area contributed by atoms with Crippen LogP contribution in [0.1, 0.15) is 27.2 Å². The summed E-state index contributed by atoms with van der Waals surface area (Å²) in [4.78, 5) is 0. The smallest absolute Gasteiger partial charge is 0.152 e. The van der Waals surface area contributed by atoms with Crippen molar-refractivity contribution in [1.82, 2.24) is 5.32 Å². The molecule has 13 heavy (non-hydrogen) atoms. The standard InChI is InChI=1S/C9H21NO2S/c1-8(2)13(11,12)6-5-9(3)7-10-4/h8-10H,5-7H2,1-4H3. The third-order valence-electron chi connectivity index (χ3n) is 2.17. The minimum atomic E-state index is -2.84. The second-order valence-corrected chi connectivity index (χ2v) is 6.54. The highest BCUT2D eigenvalue weighted by Crippen LogP contribution is 2.07. The molecule has 1 N–H and O–H groups in total. The lowest BCUT2D eigenvalue weighted by Crippen LogP contribution is -2.23. The van der Waals surface area contributed by atoms with E-state index < -0.39 is 9.84 Å². The molecule has 0 aliphatic heterocycles. The van der Waals surface area contributed by atoms with Gasteiger partial charge in [0.15, 0.2) is 9.84 Å². The highest BCUT2D eigenvalue weighted by Gasteiger charge is 2.16. The van der Waals surface area contributed by atoms with Gasteiger partial charge in [-0.15, -0.1) is 0 Å². The van der Waals surface area contributed by atoms with E-state index in [-0.39, 0.29) is 5.25 Å². The monoisotopic (exact) mass is 207 g/mol. The number of rotatable bonds is 6. The first-order chi connectivity index (χ1) is 5.90. The zero-order chi connectivity index (χ0) is 10.5. The molecule has 4 heteroatoms. The summed E-state index contributed by atoms with van der Waals surface area (Å²) in [5, 5.41) is 2.80. The molecular formula is C9H21NO2S. The van der Waals surface area contributed by atoms with Crippen LogP contribution in [0.4, 0.5) is 0 Å². The van der Waals surface area contributed by atoms with Crippen molar-refractivity contribution in [1.29, 1.82) is 0 Å². The molecule has 0 radical (unpaired) electrons. The molecule has 0 aromatic rings. The highest BCUT2D eigenvalue weighted by molar-refractivity contribution is 7.91. The van der Waals surface area contributed by atoms with Crippen molar-refractivity contribution in [3.63, 3.8) is 0 Å². The molecule has 1 atom stereocenters. The molecule has 0 fully saturated rings. The van der Waals surface area contributed by atoms with E-state index in [0.29, 0.717) is 11.7 Å². The summed E-state index contributed by atoms with van der Waals surface area (Å²) in [6.07, 6.45) is 0.751. The van der Waals surface area contributed by atoms with Gasteiger partial charge >= 0.3 is 0 Å². The third kappa shape index (κ3) is 5.26. The van der Waals surface area contributed by atoms with E-state index in [1.807, 2.05) is 7.05 Å². The normalized spacial score (nSPS) is 14.8. The first-order valence-corrected chi connectivity index (χ1v) is 6.48. The van der Waals surface area contributed by atoms with Gasteiger partial charge < -0.3 is 5.32 Å². The number of hydrogen-bond donors (Lipinski definition) is 1. The SMILES string of the molecule is CNCC(C)CCS(=O)(=O)C(C)C. The van der Waals surface area contributed by atoms with E-state index >= 15 is 0 Å². The minimum absolute atomic E-state index is 0.241. The molecule has 0 saturated carbocycles. The maximum Gasteiger partial charge on any atom is 0.152 e. The van der Waals surface area contributed by atoms with Crippen LogP contribution in [0, 0.1) is 5.92 Å². The lowest BCUT2D eigenvalue weighted by atomic mass is 10.1. The van der Waals surface area contributed by atoms with E-state index in [9.17, 15) is 8.42 Å². The van der Waals surface area contributed by atoms with Crippen molar-refractivity contribution in [3.8, 4) is 0 Å². The van der Waals surface area contributed by atoms with Gasteiger partial charge in [-0.1, -0.05) is 6.92 Å². The molecule has 80 valence electrons. The highest BCUT2D eigenvalue weighted by atomic mass is 32.2. The molecule has 1 unspecified atom stereocenters. The fourth-order valence-electron chi connectivity index (χ4n) is 1.05. The van der Waals surface area contributed by atoms with Crippen LogP contribution >= 0.6 is 0 Å². The molecule has 0 aliphatic carbocycles. The van der Waals surface area contributed by atoms with Crippen LogP contribution in [-0.2, 0) is 9.84 Å². The summed E-state index contributed by atoms with van der Waals surface area (Å²) in [7, 11) is -0.957. The number of hydrogen-bond acceptors (Lipinski definition) is 3. The summed E-state index contributed by atoms with van der Waals surface area (Å²) in [5.41, 5.74) is 0. The van der Waals surface area contributed by atoms with Crippen molar-refractivity contribution in [3.05, 3.63) is 0 Å². The Bertz CT molecular complexity index is 222. The van der Waals surface area contributed by atoms with E-state index in [4.69, 9.17) is 0 Å². The summed E-state index contributed by atoms with van der Waals surface area (Å²) >= 11 is 0. The van der Waals surface area contributed by atoms with Crippen LogP contribution in [0.25, 0.3) is 0 Å². The van der Waals surface area contributed by atoms with Crippen LogP contribution in [0.5, 0.6) is 0 Å². The Hall–Kier alpha value is -0.0900. The van der Waals surface area contributed by atoms with E-state index in [2.05, 4.69) is 12.2 Å². The largest absolute Gasteiger partial charge is 0.319 e. The average molecular weight is 207 g/mol. The van der Waals surface area contributed by atoms with Crippen molar-refractivity contribution in [2.24, 2.45) is 5.92 Å². The van der Waals surface area contributed by atoms with E-state index in [0.717, 1.165) is 13.0 Å². The maximum atomic E-state index is 11.4. The zero-order valence-corrected chi connectivity index (χ0v) is 9.82. The first kappa shape index (κ1) is 12.9. The van der Waals surface area contributed by atoms with Gasteiger partial charge in [-0.05, 0) is 39.8 Å². The molecular weight excluding hydrogens is 186 g/mol. The second-order valence-electron chi connectivity index (χ2n) is 3.87. The van der Waals surface area contributed by atoms with Gasteiger partial charge in [0.2, 0.25) is 0 Å². The minimum Gasteiger partial charge on any atom is -0.319 e. The molecule has 0 heterocycles. The van der Waals surface area contributed by atoms with Crippen molar-refractivity contribution >= 4 is 9.84 Å². The predicted molar refractivity (Wildman–Crippen MR) is 56.6 cm³/mol. The van der Waals surface area contributed by atoms with Crippen molar-refractivity contribution in [2.45, 2.75) is 32.4 Å². The van der Waals surface area contributed by atoms with Crippen LogP contribution in [0.3, 0.4) is 0 Å². The Balaban J connectivity index is 3.89. The molecule has 0 spiro atoms. The molecule has 0 bridgehead atoms. The number of nitrogens with one attached hydrogen (secondary N) is 1. The van der Waals surface area contributed by atoms with Gasteiger partial charge in [0.05, 0.1) is 11.0 Å². The Labute approximate surface area is 81.8 Å². The molecule has 0 aliphatic rings. The predicted octanol–water partition coefficient (Wildman–Crippen LogP) is 1.06. The Morgan fingerprint density at radius 3 is 2.15 bits per heavy atom. The summed E-state index contributed by atoms with van der Waals surface area (Å²) in [6.45, 7) is 6.41. The van der Waals surface area contributed by atoms with Crippen LogP contribution in [0.2, 0.25) is 0 Å². The second kappa shape index (κ2) is 5.60. The first-order valence-electron chi connectivity index (χ1n) is 4.76. The van der Waals surface area contributed by atoms with Gasteiger partial charge in [0, 0.05) is 0 Å². The Kier molecular flexibility index (Phi) is 5.56. The molecule has 0 amide bonds. The summed E-state index contributed by atoms with van der Waals surface area (Å²) in [6, 6.07) is 0. The zero-order valence-electron chi connectivity index (χ0n) is 9.00. The van der Waals surface area contributed by atoms with Crippen molar-refractivity contribution in [2.75, 3.05) is 19.3 Å². The van der Waals surface area contributed by atoms with E-state index in [1.165, 1.54) is 0 Å². The maximum absolute atomic E-state index is 11.4. The fraction of sp³-hybridized carbons (Fsp3) is 1.00. The lowest BCUT2D eigenvalue weighted by Gasteiger charge is -2.12. The van der Waals surface area contributed by atoms with E-state index in [1.54, 1.807) is 13.8 Å². The van der Waals surface area contributed by atoms with Gasteiger partial charge in [-0.3, -0.25) is 0 Å². The van der Waals surface area contributed by atoms with Crippen LogP contribution in [0.15, 0.2) is 0 Å². The Morgan fingerprint density at radius 1 is 1.23 bits per heavy atom. The van der Waals surface area contributed by atoms with Crippen molar-refractivity contribution < 1.29 is 8.42 Å². The van der Waals surface area contributed by atoms with Gasteiger partial charge in [-0.2, -0.15) is 0 Å².